The summed E-state index contributed by atoms with van der Waals surface area (Å²) in [5, 5.41) is 3.37. The average molecular weight is 448 g/mol. The Hall–Kier alpha value is -2.81. The van der Waals surface area contributed by atoms with Gasteiger partial charge in [-0.25, -0.2) is 4.98 Å². The zero-order chi connectivity index (χ0) is 22.6. The first-order chi connectivity index (χ1) is 15.4. The standard InChI is InChI=1S/C23H28F3N5O/c1-27-22(29-15-17-7-8-28-21(13-17)30-9-2-3-10-30)31-11-12-32-20(16-31)18-5-4-6-19(14-18)23(24,25)26/h4-8,13-14,20H,2-3,9-12,15-16H2,1H3,(H,27,29). The largest absolute Gasteiger partial charge is 0.416 e. The quantitative estimate of drug-likeness (QED) is 0.570. The van der Waals surface area contributed by atoms with Crippen LogP contribution in [0.15, 0.2) is 47.6 Å². The molecule has 0 saturated carbocycles. The molecule has 1 aromatic heterocycles. The van der Waals surface area contributed by atoms with Crippen molar-refractivity contribution in [3.63, 3.8) is 0 Å². The minimum absolute atomic E-state index is 0.413. The molecule has 0 radical (unpaired) electrons. The summed E-state index contributed by atoms with van der Waals surface area (Å²) in [4.78, 5) is 13.2. The first-order valence-electron chi connectivity index (χ1n) is 10.9. The molecule has 172 valence electrons. The molecule has 1 unspecified atom stereocenters. The smallest absolute Gasteiger partial charge is 0.370 e. The Bertz CT molecular complexity index is 943. The van der Waals surface area contributed by atoms with Crippen LogP contribution >= 0.6 is 0 Å². The zero-order valence-electron chi connectivity index (χ0n) is 18.1. The van der Waals surface area contributed by atoms with Crippen molar-refractivity contribution >= 4 is 11.8 Å². The van der Waals surface area contributed by atoms with Gasteiger partial charge in [0.25, 0.3) is 0 Å². The number of nitrogens with zero attached hydrogens (tertiary/aromatic N) is 4. The van der Waals surface area contributed by atoms with E-state index in [0.717, 1.165) is 30.5 Å². The number of anilines is 1. The number of aliphatic imine (C=N–C) groups is 1. The number of ether oxygens (including phenoxy) is 1. The van der Waals surface area contributed by atoms with Gasteiger partial charge < -0.3 is 19.9 Å². The first kappa shape index (κ1) is 22.4. The van der Waals surface area contributed by atoms with Gasteiger partial charge in [0.15, 0.2) is 5.96 Å². The van der Waals surface area contributed by atoms with Gasteiger partial charge in [0.1, 0.15) is 11.9 Å². The van der Waals surface area contributed by atoms with E-state index in [1.807, 2.05) is 17.2 Å². The number of alkyl halides is 3. The molecule has 2 fully saturated rings. The maximum atomic E-state index is 13.1. The normalized spacial score (nSPS) is 20.0. The van der Waals surface area contributed by atoms with Gasteiger partial charge >= 0.3 is 6.18 Å². The van der Waals surface area contributed by atoms with E-state index in [-0.39, 0.29) is 0 Å². The predicted octanol–water partition coefficient (Wildman–Crippen LogP) is 3.85. The Morgan fingerprint density at radius 2 is 2.00 bits per heavy atom. The molecule has 2 aliphatic heterocycles. The molecule has 6 nitrogen and oxygen atoms in total. The molecule has 1 atom stereocenters. The minimum atomic E-state index is -4.37. The van der Waals surface area contributed by atoms with Gasteiger partial charge in [-0.1, -0.05) is 12.1 Å². The predicted molar refractivity (Wildman–Crippen MR) is 118 cm³/mol. The van der Waals surface area contributed by atoms with E-state index in [1.165, 1.54) is 25.0 Å². The number of morpholine rings is 1. The van der Waals surface area contributed by atoms with Gasteiger partial charge in [0.05, 0.1) is 18.7 Å². The lowest BCUT2D eigenvalue weighted by atomic mass is 10.0. The fraction of sp³-hybridized carbons (Fsp3) is 0.478. The van der Waals surface area contributed by atoms with Crippen LogP contribution in [0.1, 0.15) is 35.6 Å². The van der Waals surface area contributed by atoms with Crippen LogP contribution < -0.4 is 10.2 Å². The third-order valence-corrected chi connectivity index (χ3v) is 5.85. The number of pyridine rings is 1. The third-order valence-electron chi connectivity index (χ3n) is 5.85. The lowest BCUT2D eigenvalue weighted by Gasteiger charge is -2.35. The number of nitrogens with one attached hydrogen (secondary N) is 1. The molecule has 0 amide bonds. The van der Waals surface area contributed by atoms with Crippen LogP contribution in [0.3, 0.4) is 0 Å². The number of halogens is 3. The Morgan fingerprint density at radius 1 is 1.19 bits per heavy atom. The Kier molecular flexibility index (Phi) is 6.83. The van der Waals surface area contributed by atoms with E-state index >= 15 is 0 Å². The second-order valence-electron chi connectivity index (χ2n) is 8.05. The second kappa shape index (κ2) is 9.77. The van der Waals surface area contributed by atoms with E-state index in [0.29, 0.717) is 37.8 Å². The highest BCUT2D eigenvalue weighted by molar-refractivity contribution is 5.80. The summed E-state index contributed by atoms with van der Waals surface area (Å²) in [6.07, 6.45) is -0.610. The van der Waals surface area contributed by atoms with Crippen molar-refractivity contribution in [3.8, 4) is 0 Å². The second-order valence-corrected chi connectivity index (χ2v) is 8.05. The van der Waals surface area contributed by atoms with Gasteiger partial charge in [-0.05, 0) is 48.2 Å². The SMILES string of the molecule is CN=C(NCc1ccnc(N2CCCC2)c1)N1CCOC(c2cccc(C(F)(F)F)c2)C1. The number of hydrogen-bond donors (Lipinski definition) is 1. The monoisotopic (exact) mass is 447 g/mol. The molecule has 9 heteroatoms. The number of aromatic nitrogens is 1. The van der Waals surface area contributed by atoms with Crippen molar-refractivity contribution in [2.45, 2.75) is 31.7 Å². The summed E-state index contributed by atoms with van der Waals surface area (Å²) in [7, 11) is 1.71. The van der Waals surface area contributed by atoms with E-state index in [4.69, 9.17) is 4.74 Å². The number of guanidine groups is 1. The molecule has 1 aromatic carbocycles. The minimum Gasteiger partial charge on any atom is -0.370 e. The molecule has 0 spiro atoms. The molecular formula is C23H28F3N5O. The molecule has 2 aliphatic rings. The molecule has 0 bridgehead atoms. The molecule has 1 N–H and O–H groups in total. The molecule has 32 heavy (non-hydrogen) atoms. The lowest BCUT2D eigenvalue weighted by Crippen LogP contribution is -2.48. The topological polar surface area (TPSA) is 53.0 Å². The highest BCUT2D eigenvalue weighted by atomic mass is 19.4. The maximum Gasteiger partial charge on any atom is 0.416 e. The Balaban J connectivity index is 1.40. The van der Waals surface area contributed by atoms with E-state index in [9.17, 15) is 13.2 Å². The van der Waals surface area contributed by atoms with Crippen molar-refractivity contribution in [1.29, 1.82) is 0 Å². The first-order valence-corrected chi connectivity index (χ1v) is 10.9. The fourth-order valence-electron chi connectivity index (χ4n) is 4.16. The molecule has 2 aromatic rings. The van der Waals surface area contributed by atoms with Crippen molar-refractivity contribution in [3.05, 3.63) is 59.3 Å². The Labute approximate surface area is 186 Å². The molecule has 2 saturated heterocycles. The summed E-state index contributed by atoms with van der Waals surface area (Å²) < 4.78 is 45.1. The van der Waals surface area contributed by atoms with Crippen LogP contribution in [-0.4, -0.2) is 55.7 Å². The van der Waals surface area contributed by atoms with Gasteiger partial charge in [-0.2, -0.15) is 13.2 Å². The van der Waals surface area contributed by atoms with Crippen LogP contribution in [-0.2, 0) is 17.5 Å². The Morgan fingerprint density at radius 3 is 2.75 bits per heavy atom. The molecule has 3 heterocycles. The van der Waals surface area contributed by atoms with Crippen LogP contribution in [0.4, 0.5) is 19.0 Å². The van der Waals surface area contributed by atoms with E-state index in [2.05, 4.69) is 26.3 Å². The highest BCUT2D eigenvalue weighted by Gasteiger charge is 2.32. The number of benzene rings is 1. The van der Waals surface area contributed by atoms with Gasteiger partial charge in [-0.3, -0.25) is 4.99 Å². The van der Waals surface area contributed by atoms with Crippen molar-refractivity contribution in [1.82, 2.24) is 15.2 Å². The number of rotatable bonds is 4. The van der Waals surface area contributed by atoms with Crippen LogP contribution in [0.25, 0.3) is 0 Å². The van der Waals surface area contributed by atoms with E-state index in [1.54, 1.807) is 13.1 Å². The summed E-state index contributed by atoms with van der Waals surface area (Å²) >= 11 is 0. The van der Waals surface area contributed by atoms with Crippen molar-refractivity contribution in [2.24, 2.45) is 4.99 Å². The van der Waals surface area contributed by atoms with Gasteiger partial charge in [-0.15, -0.1) is 0 Å². The van der Waals surface area contributed by atoms with Crippen LogP contribution in [0.2, 0.25) is 0 Å². The summed E-state index contributed by atoms with van der Waals surface area (Å²) in [6.45, 7) is 4.12. The summed E-state index contributed by atoms with van der Waals surface area (Å²) in [5.41, 5.74) is 0.958. The highest BCUT2D eigenvalue weighted by Crippen LogP contribution is 2.32. The van der Waals surface area contributed by atoms with Gasteiger partial charge in [0.2, 0.25) is 0 Å². The molecule has 4 rings (SSSR count). The molecule has 0 aliphatic carbocycles. The number of hydrogen-bond acceptors (Lipinski definition) is 4. The average Bonchev–Trinajstić information content (AvgIpc) is 3.35. The van der Waals surface area contributed by atoms with E-state index < -0.39 is 17.8 Å². The van der Waals surface area contributed by atoms with Crippen molar-refractivity contribution in [2.75, 3.05) is 44.7 Å². The molecular weight excluding hydrogens is 419 g/mol. The van der Waals surface area contributed by atoms with Gasteiger partial charge in [0, 0.05) is 39.4 Å². The lowest BCUT2D eigenvalue weighted by molar-refractivity contribution is -0.137. The van der Waals surface area contributed by atoms with Crippen LogP contribution in [0, 0.1) is 0 Å². The third kappa shape index (κ3) is 5.32. The van der Waals surface area contributed by atoms with Crippen molar-refractivity contribution < 1.29 is 17.9 Å². The zero-order valence-corrected chi connectivity index (χ0v) is 18.1. The maximum absolute atomic E-state index is 13.1. The summed E-state index contributed by atoms with van der Waals surface area (Å²) in [5.74, 6) is 1.69. The van der Waals surface area contributed by atoms with Crippen LogP contribution in [0.5, 0.6) is 0 Å². The summed E-state index contributed by atoms with van der Waals surface area (Å²) in [6, 6.07) is 9.42. The fourth-order valence-corrected chi connectivity index (χ4v) is 4.16.